The van der Waals surface area contributed by atoms with E-state index in [2.05, 4.69) is 34.6 Å². The van der Waals surface area contributed by atoms with Crippen LogP contribution in [0.15, 0.2) is 15.6 Å². The molecule has 0 radical (unpaired) electrons. The Morgan fingerprint density at radius 1 is 1.35 bits per heavy atom. The Morgan fingerprint density at radius 2 is 2.09 bits per heavy atom. The van der Waals surface area contributed by atoms with E-state index in [1.54, 1.807) is 0 Å². The largest absolute Gasteiger partial charge is 0.388 e. The van der Waals surface area contributed by atoms with Crippen LogP contribution < -0.4 is 10.6 Å². The summed E-state index contributed by atoms with van der Waals surface area (Å²) in [5, 5.41) is 21.1. The SMILES string of the molecule is CCNC(=NCc1cc(C(C)C)no1)NCC1(O)CCCCC1. The fraction of sp³-hybridized carbons (Fsp3) is 0.765. The molecule has 1 heterocycles. The van der Waals surface area contributed by atoms with Crippen LogP contribution >= 0.6 is 0 Å². The predicted molar refractivity (Wildman–Crippen MR) is 91.4 cm³/mol. The minimum Gasteiger partial charge on any atom is -0.388 e. The van der Waals surface area contributed by atoms with Gasteiger partial charge < -0.3 is 20.3 Å². The summed E-state index contributed by atoms with van der Waals surface area (Å²) in [6.45, 7) is 7.94. The van der Waals surface area contributed by atoms with E-state index in [0.717, 1.165) is 43.7 Å². The van der Waals surface area contributed by atoms with Gasteiger partial charge in [0.15, 0.2) is 11.7 Å². The second-order valence-corrected chi connectivity index (χ2v) is 6.71. The summed E-state index contributed by atoms with van der Waals surface area (Å²) in [5.41, 5.74) is 0.343. The Hall–Kier alpha value is -1.56. The molecule has 0 aromatic carbocycles. The number of aliphatic hydroxyl groups is 1. The molecule has 0 amide bonds. The van der Waals surface area contributed by atoms with Gasteiger partial charge in [0, 0.05) is 19.2 Å². The molecule has 1 aromatic heterocycles. The summed E-state index contributed by atoms with van der Waals surface area (Å²) < 4.78 is 5.31. The molecule has 1 fully saturated rings. The second kappa shape index (κ2) is 8.34. The number of aromatic nitrogens is 1. The molecule has 1 aliphatic rings. The highest BCUT2D eigenvalue weighted by Crippen LogP contribution is 2.27. The Balaban J connectivity index is 1.90. The van der Waals surface area contributed by atoms with Crippen molar-refractivity contribution in [1.82, 2.24) is 15.8 Å². The van der Waals surface area contributed by atoms with Crippen LogP contribution in [0.5, 0.6) is 0 Å². The maximum atomic E-state index is 10.6. The van der Waals surface area contributed by atoms with Gasteiger partial charge in [0.05, 0.1) is 11.3 Å². The number of hydrogen-bond donors (Lipinski definition) is 3. The summed E-state index contributed by atoms with van der Waals surface area (Å²) in [5.74, 6) is 1.81. The maximum Gasteiger partial charge on any atom is 0.191 e. The van der Waals surface area contributed by atoms with Gasteiger partial charge in [-0.1, -0.05) is 38.3 Å². The highest BCUT2D eigenvalue weighted by Gasteiger charge is 2.29. The van der Waals surface area contributed by atoms with Gasteiger partial charge in [-0.25, -0.2) is 4.99 Å². The third-order valence-electron chi connectivity index (χ3n) is 4.28. The summed E-state index contributed by atoms with van der Waals surface area (Å²) in [6, 6.07) is 1.95. The van der Waals surface area contributed by atoms with Gasteiger partial charge in [0.1, 0.15) is 6.54 Å². The number of rotatable bonds is 6. The van der Waals surface area contributed by atoms with Crippen LogP contribution in [0, 0.1) is 0 Å². The lowest BCUT2D eigenvalue weighted by atomic mass is 9.85. The van der Waals surface area contributed by atoms with Gasteiger partial charge in [-0.3, -0.25) is 0 Å². The van der Waals surface area contributed by atoms with E-state index in [4.69, 9.17) is 4.52 Å². The van der Waals surface area contributed by atoms with E-state index >= 15 is 0 Å². The minimum absolute atomic E-state index is 0.350. The van der Waals surface area contributed by atoms with Crippen LogP contribution in [0.4, 0.5) is 0 Å². The maximum absolute atomic E-state index is 10.6. The molecule has 0 saturated heterocycles. The topological polar surface area (TPSA) is 82.7 Å². The molecule has 6 heteroatoms. The summed E-state index contributed by atoms with van der Waals surface area (Å²) in [4.78, 5) is 4.52. The molecule has 0 spiro atoms. The molecule has 1 aliphatic carbocycles. The smallest absolute Gasteiger partial charge is 0.191 e. The van der Waals surface area contributed by atoms with Gasteiger partial charge in [0.2, 0.25) is 0 Å². The minimum atomic E-state index is -0.606. The lowest BCUT2D eigenvalue weighted by Gasteiger charge is -2.32. The molecule has 23 heavy (non-hydrogen) atoms. The number of nitrogens with zero attached hydrogens (tertiary/aromatic N) is 2. The van der Waals surface area contributed by atoms with Crippen LogP contribution in [0.2, 0.25) is 0 Å². The summed E-state index contributed by atoms with van der Waals surface area (Å²) in [7, 11) is 0. The van der Waals surface area contributed by atoms with E-state index < -0.39 is 5.60 Å². The number of nitrogens with one attached hydrogen (secondary N) is 2. The molecular weight excluding hydrogens is 292 g/mol. The van der Waals surface area contributed by atoms with E-state index in [-0.39, 0.29) is 0 Å². The fourth-order valence-electron chi connectivity index (χ4n) is 2.81. The molecule has 0 bridgehead atoms. The van der Waals surface area contributed by atoms with Gasteiger partial charge in [0.25, 0.3) is 0 Å². The molecule has 130 valence electrons. The number of aliphatic imine (C=N–C) groups is 1. The van der Waals surface area contributed by atoms with Gasteiger partial charge >= 0.3 is 0 Å². The van der Waals surface area contributed by atoms with Crippen LogP contribution in [0.25, 0.3) is 0 Å². The lowest BCUT2D eigenvalue weighted by molar-refractivity contribution is 0.00859. The zero-order valence-electron chi connectivity index (χ0n) is 14.6. The second-order valence-electron chi connectivity index (χ2n) is 6.71. The fourth-order valence-corrected chi connectivity index (χ4v) is 2.81. The number of hydrogen-bond acceptors (Lipinski definition) is 4. The molecule has 1 saturated carbocycles. The first-order chi connectivity index (χ1) is 11.0. The zero-order chi connectivity index (χ0) is 16.7. The molecule has 0 atom stereocenters. The van der Waals surface area contributed by atoms with Crippen molar-refractivity contribution in [1.29, 1.82) is 0 Å². The van der Waals surface area contributed by atoms with Crippen molar-refractivity contribution in [3.05, 3.63) is 17.5 Å². The van der Waals surface area contributed by atoms with Gasteiger partial charge in [-0.15, -0.1) is 0 Å². The Kier molecular flexibility index (Phi) is 6.45. The third kappa shape index (κ3) is 5.53. The van der Waals surface area contributed by atoms with Crippen molar-refractivity contribution < 1.29 is 9.63 Å². The van der Waals surface area contributed by atoms with Crippen molar-refractivity contribution in [2.75, 3.05) is 13.1 Å². The molecule has 0 unspecified atom stereocenters. The first-order valence-corrected chi connectivity index (χ1v) is 8.72. The normalized spacial score (nSPS) is 18.2. The first-order valence-electron chi connectivity index (χ1n) is 8.72. The van der Waals surface area contributed by atoms with Crippen LogP contribution in [0.1, 0.15) is 70.2 Å². The van der Waals surface area contributed by atoms with Crippen LogP contribution in [0.3, 0.4) is 0 Å². The standard InChI is InChI=1S/C17H30N4O2/c1-4-18-16(20-12-17(22)8-6-5-7-9-17)19-11-14-10-15(13(2)3)21-23-14/h10,13,22H,4-9,11-12H2,1-3H3,(H2,18,19,20). The van der Waals surface area contributed by atoms with Crippen molar-refractivity contribution in [2.24, 2.45) is 4.99 Å². The highest BCUT2D eigenvalue weighted by atomic mass is 16.5. The monoisotopic (exact) mass is 322 g/mol. The summed E-state index contributed by atoms with van der Waals surface area (Å²) >= 11 is 0. The van der Waals surface area contributed by atoms with Crippen molar-refractivity contribution in [3.8, 4) is 0 Å². The lowest BCUT2D eigenvalue weighted by Crippen LogP contribution is -2.48. The quantitative estimate of drug-likeness (QED) is 0.554. The molecule has 3 N–H and O–H groups in total. The van der Waals surface area contributed by atoms with Gasteiger partial charge in [-0.2, -0.15) is 0 Å². The average molecular weight is 322 g/mol. The van der Waals surface area contributed by atoms with Crippen LogP contribution in [-0.4, -0.2) is 34.9 Å². The van der Waals surface area contributed by atoms with Crippen molar-refractivity contribution in [2.45, 2.75) is 70.9 Å². The van der Waals surface area contributed by atoms with E-state index in [0.29, 0.717) is 25.0 Å². The van der Waals surface area contributed by atoms with E-state index in [1.807, 2.05) is 13.0 Å². The van der Waals surface area contributed by atoms with Gasteiger partial charge in [-0.05, 0) is 25.7 Å². The number of guanidine groups is 1. The highest BCUT2D eigenvalue weighted by molar-refractivity contribution is 5.79. The zero-order valence-corrected chi connectivity index (χ0v) is 14.6. The van der Waals surface area contributed by atoms with E-state index in [9.17, 15) is 5.11 Å². The molecular formula is C17H30N4O2. The predicted octanol–water partition coefficient (Wildman–Crippen LogP) is 2.55. The Labute approximate surface area is 138 Å². The van der Waals surface area contributed by atoms with Crippen molar-refractivity contribution in [3.63, 3.8) is 0 Å². The average Bonchev–Trinajstić information content (AvgIpc) is 3.00. The Morgan fingerprint density at radius 3 is 2.70 bits per heavy atom. The molecule has 6 nitrogen and oxygen atoms in total. The summed E-state index contributed by atoms with van der Waals surface area (Å²) in [6.07, 6.45) is 5.14. The first kappa shape index (κ1) is 17.8. The molecule has 2 rings (SSSR count). The van der Waals surface area contributed by atoms with Crippen LogP contribution in [-0.2, 0) is 6.54 Å². The Bertz CT molecular complexity index is 504. The third-order valence-corrected chi connectivity index (χ3v) is 4.28. The van der Waals surface area contributed by atoms with Crippen molar-refractivity contribution >= 4 is 5.96 Å². The molecule has 0 aliphatic heterocycles. The molecule has 1 aromatic rings. The van der Waals surface area contributed by atoms with E-state index in [1.165, 1.54) is 6.42 Å².